The zero-order chi connectivity index (χ0) is 15.6. The lowest BCUT2D eigenvalue weighted by atomic mass is 10.2. The quantitative estimate of drug-likeness (QED) is 0.905. The van der Waals surface area contributed by atoms with Crippen LogP contribution >= 0.6 is 34.5 Å². The minimum Gasteiger partial charge on any atom is -0.347 e. The summed E-state index contributed by atoms with van der Waals surface area (Å²) in [5.41, 5.74) is 0.731. The molecule has 0 fully saturated rings. The van der Waals surface area contributed by atoms with Gasteiger partial charge < -0.3 is 5.32 Å². The zero-order valence-electron chi connectivity index (χ0n) is 10.9. The molecule has 1 aromatic heterocycles. The molecule has 0 aliphatic carbocycles. The van der Waals surface area contributed by atoms with Crippen molar-refractivity contribution >= 4 is 50.3 Å². The molecule has 0 saturated heterocycles. The summed E-state index contributed by atoms with van der Waals surface area (Å²) >= 11 is 12.7. The number of benzene rings is 1. The Bertz CT molecular complexity index is 784. The van der Waals surface area contributed by atoms with Crippen molar-refractivity contribution in [1.82, 2.24) is 5.32 Å². The second kappa shape index (κ2) is 6.36. The minimum absolute atomic E-state index is 0.164. The first-order valence-electron chi connectivity index (χ1n) is 5.79. The summed E-state index contributed by atoms with van der Waals surface area (Å²) in [6.07, 6.45) is 1.11. The van der Waals surface area contributed by atoms with Crippen LogP contribution in [0.4, 0.5) is 0 Å². The Balaban J connectivity index is 2.07. The average Bonchev–Trinajstić information content (AvgIpc) is 2.87. The van der Waals surface area contributed by atoms with Gasteiger partial charge in [0.2, 0.25) is 0 Å². The number of thiophene rings is 1. The van der Waals surface area contributed by atoms with Crippen LogP contribution in [0.5, 0.6) is 0 Å². The van der Waals surface area contributed by atoms with Gasteiger partial charge in [-0.3, -0.25) is 4.79 Å². The third-order valence-electron chi connectivity index (χ3n) is 2.63. The van der Waals surface area contributed by atoms with Crippen molar-refractivity contribution in [3.8, 4) is 0 Å². The highest BCUT2D eigenvalue weighted by molar-refractivity contribution is 7.92. The molecule has 1 heterocycles. The van der Waals surface area contributed by atoms with Gasteiger partial charge in [0.05, 0.1) is 4.88 Å². The zero-order valence-corrected chi connectivity index (χ0v) is 14.0. The summed E-state index contributed by atoms with van der Waals surface area (Å²) in [5, 5.41) is 3.67. The van der Waals surface area contributed by atoms with E-state index in [9.17, 15) is 13.2 Å². The Hall–Kier alpha value is -1.08. The maximum atomic E-state index is 12.0. The summed E-state index contributed by atoms with van der Waals surface area (Å²) in [5.74, 6) is -0.346. The van der Waals surface area contributed by atoms with E-state index in [-0.39, 0.29) is 16.7 Å². The molecule has 0 saturated carbocycles. The molecule has 0 radical (unpaired) electrons. The Morgan fingerprint density at radius 2 is 1.95 bits per heavy atom. The lowest BCUT2D eigenvalue weighted by Crippen LogP contribution is -2.21. The van der Waals surface area contributed by atoms with Gasteiger partial charge in [-0.05, 0) is 29.8 Å². The summed E-state index contributed by atoms with van der Waals surface area (Å²) in [6.45, 7) is 0.237. The number of rotatable bonds is 4. The Kier molecular flexibility index (Phi) is 4.93. The number of halogens is 2. The second-order valence-electron chi connectivity index (χ2n) is 4.31. The smallest absolute Gasteiger partial charge is 0.261 e. The van der Waals surface area contributed by atoms with E-state index in [1.165, 1.54) is 12.1 Å². The standard InChI is InChI=1S/C13H11Cl2NO3S2/c1-21(18,19)12-5-4-11(20-12)13(17)16-7-8-2-3-9(14)6-10(8)15/h2-6H,7H2,1H3,(H,16,17). The maximum Gasteiger partial charge on any atom is 0.261 e. The molecule has 0 atom stereocenters. The average molecular weight is 364 g/mol. The summed E-state index contributed by atoms with van der Waals surface area (Å²) in [7, 11) is -3.29. The molecular weight excluding hydrogens is 353 g/mol. The summed E-state index contributed by atoms with van der Waals surface area (Å²) in [6, 6.07) is 7.91. The molecule has 2 aromatic rings. The van der Waals surface area contributed by atoms with Crippen LogP contribution in [-0.2, 0) is 16.4 Å². The molecule has 0 aliphatic heterocycles. The van der Waals surface area contributed by atoms with E-state index in [4.69, 9.17) is 23.2 Å². The van der Waals surface area contributed by atoms with Gasteiger partial charge in [-0.1, -0.05) is 29.3 Å². The third kappa shape index (κ3) is 4.20. The number of carbonyl (C=O) groups is 1. The maximum absolute atomic E-state index is 12.0. The highest BCUT2D eigenvalue weighted by Gasteiger charge is 2.15. The van der Waals surface area contributed by atoms with Crippen molar-refractivity contribution in [1.29, 1.82) is 0 Å². The first kappa shape index (κ1) is 16.3. The Morgan fingerprint density at radius 3 is 2.52 bits per heavy atom. The van der Waals surface area contributed by atoms with E-state index in [2.05, 4.69) is 5.32 Å². The number of hydrogen-bond donors (Lipinski definition) is 1. The topological polar surface area (TPSA) is 63.2 Å². The fourth-order valence-corrected chi connectivity index (χ4v) is 3.89. The van der Waals surface area contributed by atoms with Gasteiger partial charge in [0.25, 0.3) is 5.91 Å². The SMILES string of the molecule is CS(=O)(=O)c1ccc(C(=O)NCc2ccc(Cl)cc2Cl)s1. The second-order valence-corrected chi connectivity index (χ2v) is 8.48. The van der Waals surface area contributed by atoms with Gasteiger partial charge in [0, 0.05) is 22.8 Å². The molecule has 4 nitrogen and oxygen atoms in total. The fourth-order valence-electron chi connectivity index (χ4n) is 1.57. The van der Waals surface area contributed by atoms with E-state index in [0.29, 0.717) is 14.9 Å². The monoisotopic (exact) mass is 363 g/mol. The fraction of sp³-hybridized carbons (Fsp3) is 0.154. The number of sulfone groups is 1. The van der Waals surface area contributed by atoms with Crippen LogP contribution in [-0.4, -0.2) is 20.6 Å². The van der Waals surface area contributed by atoms with Crippen LogP contribution in [0.3, 0.4) is 0 Å². The van der Waals surface area contributed by atoms with Gasteiger partial charge in [-0.25, -0.2) is 8.42 Å². The Labute approximate surface area is 136 Å². The number of carbonyl (C=O) groups excluding carboxylic acids is 1. The molecule has 1 aromatic carbocycles. The van der Waals surface area contributed by atoms with E-state index < -0.39 is 9.84 Å². The highest BCUT2D eigenvalue weighted by atomic mass is 35.5. The van der Waals surface area contributed by atoms with Gasteiger partial charge >= 0.3 is 0 Å². The molecule has 0 aliphatic rings. The predicted octanol–water partition coefficient (Wildman–Crippen LogP) is 3.39. The number of nitrogens with one attached hydrogen (secondary N) is 1. The molecule has 2 rings (SSSR count). The van der Waals surface area contributed by atoms with Crippen LogP contribution in [0.1, 0.15) is 15.2 Å². The molecule has 112 valence electrons. The number of hydrogen-bond acceptors (Lipinski definition) is 4. The summed E-state index contributed by atoms with van der Waals surface area (Å²) < 4.78 is 22.9. The first-order valence-corrected chi connectivity index (χ1v) is 9.26. The molecular formula is C13H11Cl2NO3S2. The molecule has 0 spiro atoms. The number of amides is 1. The molecule has 1 amide bonds. The molecule has 21 heavy (non-hydrogen) atoms. The van der Waals surface area contributed by atoms with Crippen molar-refractivity contribution in [3.05, 3.63) is 50.8 Å². The molecule has 0 unspecified atom stereocenters. The first-order chi connectivity index (χ1) is 9.77. The van der Waals surface area contributed by atoms with Crippen LogP contribution in [0.15, 0.2) is 34.5 Å². The molecule has 0 bridgehead atoms. The van der Waals surface area contributed by atoms with Crippen LogP contribution in [0.25, 0.3) is 0 Å². The van der Waals surface area contributed by atoms with E-state index in [1.807, 2.05) is 0 Å². The van der Waals surface area contributed by atoms with Gasteiger partial charge in [0.15, 0.2) is 9.84 Å². The van der Waals surface area contributed by atoms with Crippen molar-refractivity contribution in [3.63, 3.8) is 0 Å². The van der Waals surface area contributed by atoms with Gasteiger partial charge in [-0.15, -0.1) is 11.3 Å². The van der Waals surface area contributed by atoms with Gasteiger partial charge in [0.1, 0.15) is 4.21 Å². The molecule has 1 N–H and O–H groups in total. The lowest BCUT2D eigenvalue weighted by molar-refractivity contribution is 0.0955. The lowest BCUT2D eigenvalue weighted by Gasteiger charge is -2.06. The van der Waals surface area contributed by atoms with Crippen molar-refractivity contribution in [2.75, 3.05) is 6.26 Å². The van der Waals surface area contributed by atoms with Crippen LogP contribution in [0.2, 0.25) is 10.0 Å². The van der Waals surface area contributed by atoms with Crippen molar-refractivity contribution < 1.29 is 13.2 Å². The van der Waals surface area contributed by atoms with E-state index in [0.717, 1.165) is 23.2 Å². The Morgan fingerprint density at radius 1 is 1.24 bits per heavy atom. The normalized spacial score (nSPS) is 11.4. The van der Waals surface area contributed by atoms with E-state index in [1.54, 1.807) is 18.2 Å². The minimum atomic E-state index is -3.29. The van der Waals surface area contributed by atoms with Crippen LogP contribution in [0, 0.1) is 0 Å². The summed E-state index contributed by atoms with van der Waals surface area (Å²) in [4.78, 5) is 12.3. The van der Waals surface area contributed by atoms with Gasteiger partial charge in [-0.2, -0.15) is 0 Å². The molecule has 8 heteroatoms. The third-order valence-corrected chi connectivity index (χ3v) is 6.12. The van der Waals surface area contributed by atoms with Crippen LogP contribution < -0.4 is 5.32 Å². The largest absolute Gasteiger partial charge is 0.347 e. The highest BCUT2D eigenvalue weighted by Crippen LogP contribution is 2.23. The van der Waals surface area contributed by atoms with Crippen molar-refractivity contribution in [2.24, 2.45) is 0 Å². The van der Waals surface area contributed by atoms with Crippen molar-refractivity contribution in [2.45, 2.75) is 10.8 Å². The predicted molar refractivity (Wildman–Crippen MR) is 85.1 cm³/mol. The van der Waals surface area contributed by atoms with E-state index >= 15 is 0 Å².